The summed E-state index contributed by atoms with van der Waals surface area (Å²) in [6, 6.07) is 13.2. The highest BCUT2D eigenvalue weighted by Crippen LogP contribution is 2.36. The molecular weight excluding hydrogens is 484 g/mol. The van der Waals surface area contributed by atoms with Crippen LogP contribution in [0.4, 0.5) is 0 Å². The number of fused-ring (bicyclic) bond motifs is 1. The number of rotatable bonds is 4. The molecule has 0 saturated heterocycles. The van der Waals surface area contributed by atoms with Crippen molar-refractivity contribution >= 4 is 61.1 Å². The number of hydrazone groups is 1. The number of hydrogen-bond donors (Lipinski definition) is 0. The molecule has 0 aliphatic carbocycles. The van der Waals surface area contributed by atoms with Crippen LogP contribution >= 0.6 is 38.6 Å². The Labute approximate surface area is 188 Å². The van der Waals surface area contributed by atoms with Gasteiger partial charge < -0.3 is 0 Å². The van der Waals surface area contributed by atoms with Crippen LogP contribution < -0.4 is 5.56 Å². The predicted octanol–water partition coefficient (Wildman–Crippen LogP) is 4.66. The van der Waals surface area contributed by atoms with Gasteiger partial charge in [-0.25, -0.2) is 9.99 Å². The Hall–Kier alpha value is -2.62. The van der Waals surface area contributed by atoms with Crippen LogP contribution in [0.1, 0.15) is 22.2 Å². The van der Waals surface area contributed by atoms with Crippen molar-refractivity contribution in [3.63, 3.8) is 0 Å². The van der Waals surface area contributed by atoms with E-state index in [2.05, 4.69) is 26.0 Å². The highest BCUT2D eigenvalue weighted by Gasteiger charge is 2.34. The normalized spacial score (nSPS) is 16.2. The van der Waals surface area contributed by atoms with E-state index in [0.717, 1.165) is 19.9 Å². The lowest BCUT2D eigenvalue weighted by Gasteiger charge is -2.21. The Morgan fingerprint density at radius 2 is 2.00 bits per heavy atom. The highest BCUT2D eigenvalue weighted by molar-refractivity contribution is 9.10. The van der Waals surface area contributed by atoms with Gasteiger partial charge >= 0.3 is 0 Å². The Kier molecular flexibility index (Phi) is 5.10. The van der Waals surface area contributed by atoms with Crippen LogP contribution in [0.15, 0.2) is 73.9 Å². The third-order valence-electron chi connectivity index (χ3n) is 4.93. The van der Waals surface area contributed by atoms with Gasteiger partial charge in [0, 0.05) is 15.8 Å². The molecule has 1 aliphatic rings. The molecule has 1 aliphatic heterocycles. The molecule has 0 radical (unpaired) electrons. The van der Waals surface area contributed by atoms with E-state index >= 15 is 0 Å². The molecule has 4 aromatic rings. The molecule has 1 aromatic carbocycles. The van der Waals surface area contributed by atoms with E-state index in [1.165, 1.54) is 15.9 Å². The molecule has 1 unspecified atom stereocenters. The van der Waals surface area contributed by atoms with Crippen LogP contribution in [-0.2, 0) is 11.3 Å². The zero-order chi connectivity index (χ0) is 20.7. The maximum atomic E-state index is 13.2. The number of thiophene rings is 2. The van der Waals surface area contributed by atoms with Crippen LogP contribution in [-0.4, -0.2) is 26.2 Å². The van der Waals surface area contributed by atoms with Gasteiger partial charge in [-0.1, -0.05) is 28.1 Å². The first-order chi connectivity index (χ1) is 14.6. The average molecular weight is 499 g/mol. The molecular formula is C21H15BrN4O2S2. The molecule has 150 valence electrons. The second-order valence-corrected chi connectivity index (χ2v) is 9.68. The summed E-state index contributed by atoms with van der Waals surface area (Å²) in [5.41, 5.74) is 1.25. The number of aromatic nitrogens is 2. The summed E-state index contributed by atoms with van der Waals surface area (Å²) in [5.74, 6) is -0.238. The van der Waals surface area contributed by atoms with E-state index < -0.39 is 0 Å². The van der Waals surface area contributed by atoms with E-state index in [1.54, 1.807) is 34.8 Å². The van der Waals surface area contributed by atoms with Crippen molar-refractivity contribution in [1.82, 2.24) is 14.6 Å². The van der Waals surface area contributed by atoms with Gasteiger partial charge in [-0.15, -0.1) is 22.7 Å². The SMILES string of the molecule is O=C(Cn1cnc2ccc(Br)cc2c1=O)N1N=C(c2cccs2)CC1c1cccs1. The van der Waals surface area contributed by atoms with Gasteiger partial charge in [0.25, 0.3) is 11.5 Å². The van der Waals surface area contributed by atoms with E-state index in [9.17, 15) is 9.59 Å². The summed E-state index contributed by atoms with van der Waals surface area (Å²) < 4.78 is 2.14. The minimum atomic E-state index is -0.246. The molecule has 3 aromatic heterocycles. The third-order valence-corrected chi connectivity index (χ3v) is 7.32. The zero-order valence-electron chi connectivity index (χ0n) is 15.6. The Morgan fingerprint density at radius 3 is 2.77 bits per heavy atom. The zero-order valence-corrected chi connectivity index (χ0v) is 18.8. The Morgan fingerprint density at radius 1 is 1.17 bits per heavy atom. The number of halogens is 1. The molecule has 1 amide bonds. The van der Waals surface area contributed by atoms with Gasteiger partial charge in [0.15, 0.2) is 0 Å². The quantitative estimate of drug-likeness (QED) is 0.410. The fraction of sp³-hybridized carbons (Fsp3) is 0.143. The number of amides is 1. The molecule has 5 rings (SSSR count). The minimum absolute atomic E-state index is 0.114. The summed E-state index contributed by atoms with van der Waals surface area (Å²) >= 11 is 6.60. The van der Waals surface area contributed by atoms with Gasteiger partial charge in [0.05, 0.1) is 33.9 Å². The van der Waals surface area contributed by atoms with Crippen molar-refractivity contribution in [3.8, 4) is 0 Å². The van der Waals surface area contributed by atoms with Crippen molar-refractivity contribution in [2.75, 3.05) is 0 Å². The number of nitrogens with zero attached hydrogens (tertiary/aromatic N) is 4. The second kappa shape index (κ2) is 7.90. The maximum absolute atomic E-state index is 13.2. The standard InChI is InChI=1S/C21H15BrN4O2S2/c22-13-5-6-15-14(9-13)21(28)25(12-23-15)11-20(27)26-17(19-4-2-8-30-19)10-16(24-26)18-3-1-7-29-18/h1-9,12,17H,10-11H2. The lowest BCUT2D eigenvalue weighted by atomic mass is 10.1. The topological polar surface area (TPSA) is 67.6 Å². The van der Waals surface area contributed by atoms with Gasteiger partial charge in [-0.05, 0) is 41.1 Å². The van der Waals surface area contributed by atoms with E-state index in [-0.39, 0.29) is 24.1 Å². The molecule has 4 heterocycles. The fourth-order valence-electron chi connectivity index (χ4n) is 3.50. The maximum Gasteiger partial charge on any atom is 0.263 e. The molecule has 1 atom stereocenters. The van der Waals surface area contributed by atoms with Gasteiger partial charge in [0.1, 0.15) is 6.54 Å². The number of hydrogen-bond acceptors (Lipinski definition) is 6. The van der Waals surface area contributed by atoms with Crippen LogP contribution in [0.5, 0.6) is 0 Å². The predicted molar refractivity (Wildman–Crippen MR) is 123 cm³/mol. The summed E-state index contributed by atoms with van der Waals surface area (Å²) in [7, 11) is 0. The van der Waals surface area contributed by atoms with Gasteiger partial charge in [-0.2, -0.15) is 5.10 Å². The molecule has 0 N–H and O–H groups in total. The molecule has 0 spiro atoms. The van der Waals surface area contributed by atoms with Gasteiger partial charge in [-0.3, -0.25) is 14.2 Å². The van der Waals surface area contributed by atoms with E-state index in [0.29, 0.717) is 17.3 Å². The fourth-order valence-corrected chi connectivity index (χ4v) is 5.39. The highest BCUT2D eigenvalue weighted by atomic mass is 79.9. The van der Waals surface area contributed by atoms with Gasteiger partial charge in [0.2, 0.25) is 0 Å². The summed E-state index contributed by atoms with van der Waals surface area (Å²) in [6.07, 6.45) is 2.08. The number of carbonyl (C=O) groups excluding carboxylic acids is 1. The average Bonchev–Trinajstić information content (AvgIpc) is 3.50. The van der Waals surface area contributed by atoms with Crippen LogP contribution in [0.25, 0.3) is 10.9 Å². The molecule has 0 bridgehead atoms. The first-order valence-corrected chi connectivity index (χ1v) is 11.8. The summed E-state index contributed by atoms with van der Waals surface area (Å²) in [6.45, 7) is -0.114. The second-order valence-electron chi connectivity index (χ2n) is 6.84. The van der Waals surface area contributed by atoms with Crippen molar-refractivity contribution in [2.45, 2.75) is 19.0 Å². The largest absolute Gasteiger partial charge is 0.289 e. The lowest BCUT2D eigenvalue weighted by molar-refractivity contribution is -0.133. The molecule has 0 saturated carbocycles. The smallest absolute Gasteiger partial charge is 0.263 e. The first kappa shape index (κ1) is 19.3. The molecule has 30 heavy (non-hydrogen) atoms. The number of benzene rings is 1. The molecule has 9 heteroatoms. The number of carbonyl (C=O) groups is 1. The van der Waals surface area contributed by atoms with Crippen molar-refractivity contribution < 1.29 is 4.79 Å². The van der Waals surface area contributed by atoms with Crippen molar-refractivity contribution in [1.29, 1.82) is 0 Å². The Balaban J connectivity index is 1.48. The van der Waals surface area contributed by atoms with Crippen molar-refractivity contribution in [2.24, 2.45) is 5.10 Å². The van der Waals surface area contributed by atoms with Crippen LogP contribution in [0.3, 0.4) is 0 Å². The monoisotopic (exact) mass is 498 g/mol. The van der Waals surface area contributed by atoms with Crippen LogP contribution in [0, 0.1) is 0 Å². The van der Waals surface area contributed by atoms with Crippen molar-refractivity contribution in [3.05, 3.63) is 84.1 Å². The molecule has 0 fully saturated rings. The molecule has 6 nitrogen and oxygen atoms in total. The Bertz CT molecular complexity index is 1310. The first-order valence-electron chi connectivity index (χ1n) is 9.21. The minimum Gasteiger partial charge on any atom is -0.289 e. The van der Waals surface area contributed by atoms with E-state index in [1.807, 2.05) is 41.1 Å². The summed E-state index contributed by atoms with van der Waals surface area (Å²) in [5, 5.41) is 10.6. The van der Waals surface area contributed by atoms with Crippen LogP contribution in [0.2, 0.25) is 0 Å². The third kappa shape index (κ3) is 3.53. The summed E-state index contributed by atoms with van der Waals surface area (Å²) in [4.78, 5) is 32.6. The van der Waals surface area contributed by atoms with E-state index in [4.69, 9.17) is 0 Å². The lowest BCUT2D eigenvalue weighted by Crippen LogP contribution is -2.33.